The average Bonchev–Trinajstić information content (AvgIpc) is 3.11. The molecule has 3 atom stereocenters. The highest BCUT2D eigenvalue weighted by molar-refractivity contribution is 7.47. The number of rotatable bonds is 40. The van der Waals surface area contributed by atoms with Crippen molar-refractivity contribution in [2.45, 2.75) is 212 Å². The van der Waals surface area contributed by atoms with Crippen molar-refractivity contribution in [1.82, 2.24) is 5.32 Å². The van der Waals surface area contributed by atoms with Gasteiger partial charge in [-0.3, -0.25) is 13.8 Å². The van der Waals surface area contributed by atoms with Crippen molar-refractivity contribution < 1.29 is 32.9 Å². The molecule has 3 N–H and O–H groups in total. The lowest BCUT2D eigenvalue weighted by molar-refractivity contribution is -0.870. The fraction of sp³-hybridized carbons (Fsp3) is 0.886. The van der Waals surface area contributed by atoms with Crippen molar-refractivity contribution in [3.8, 4) is 0 Å². The summed E-state index contributed by atoms with van der Waals surface area (Å²) in [6.45, 7) is 4.25. The van der Waals surface area contributed by atoms with Crippen LogP contribution in [0.1, 0.15) is 200 Å². The third kappa shape index (κ3) is 39.0. The minimum atomic E-state index is -4.30. The Bertz CT molecular complexity index is 922. The zero-order chi connectivity index (χ0) is 39.3. The van der Waals surface area contributed by atoms with Crippen molar-refractivity contribution in [2.24, 2.45) is 0 Å². The molecule has 0 saturated carbocycles. The number of hydrogen-bond acceptors (Lipinski definition) is 5. The first-order valence-electron chi connectivity index (χ1n) is 22.2. The predicted molar refractivity (Wildman–Crippen MR) is 226 cm³/mol. The van der Waals surface area contributed by atoms with Crippen LogP contribution in [-0.2, 0) is 18.4 Å². The molecule has 0 aliphatic heterocycles. The third-order valence-corrected chi connectivity index (χ3v) is 11.0. The summed E-state index contributed by atoms with van der Waals surface area (Å²) in [5.41, 5.74) is 0. The summed E-state index contributed by atoms with van der Waals surface area (Å²) in [5, 5.41) is 13.3. The Morgan fingerprint density at radius 3 is 1.43 bits per heavy atom. The van der Waals surface area contributed by atoms with E-state index in [1.807, 2.05) is 27.2 Å². The number of unbranched alkanes of at least 4 members (excludes halogenated alkanes) is 26. The normalized spacial score (nSPS) is 14.6. The summed E-state index contributed by atoms with van der Waals surface area (Å²) in [5.74, 6) is -0.274. The van der Waals surface area contributed by atoms with Crippen LogP contribution in [0.15, 0.2) is 24.3 Å². The van der Waals surface area contributed by atoms with E-state index in [-0.39, 0.29) is 25.5 Å². The van der Waals surface area contributed by atoms with Gasteiger partial charge < -0.3 is 19.8 Å². The monoisotopic (exact) mass is 772 g/mol. The Kier molecular flexibility index (Phi) is 35.9. The quantitative estimate of drug-likeness (QED) is 0.0248. The summed E-state index contributed by atoms with van der Waals surface area (Å²) in [7, 11) is 1.55. The van der Waals surface area contributed by atoms with E-state index >= 15 is 0 Å². The standard InChI is InChI=1S/C44H87N2O6P/c1-6-8-9-10-11-12-13-14-15-16-17-18-19-20-21-22-23-24-25-26-27-28-29-30-31-32-33-34-35-36-37-38-43(47)42(45-44(48)7-2)41-52-53(49,50)51-40-39-46(3,4)5/h33-34,37-38,42-43,47H,6-32,35-36,39-41H2,1-5H3,(H-,45,48,49,50)/p+1/b34-33+,38-37+. The second-order valence-corrected chi connectivity index (χ2v) is 17.8. The molecule has 0 rings (SSSR count). The lowest BCUT2D eigenvalue weighted by atomic mass is 10.0. The molecule has 9 heteroatoms. The number of quaternary nitrogens is 1. The zero-order valence-corrected chi connectivity index (χ0v) is 36.4. The lowest BCUT2D eigenvalue weighted by Gasteiger charge is -2.25. The van der Waals surface area contributed by atoms with Crippen LogP contribution in [0.25, 0.3) is 0 Å². The summed E-state index contributed by atoms with van der Waals surface area (Å²) >= 11 is 0. The molecule has 0 fully saturated rings. The van der Waals surface area contributed by atoms with Crippen LogP contribution in [-0.4, -0.2) is 73.4 Å². The Morgan fingerprint density at radius 2 is 1.02 bits per heavy atom. The molecule has 0 aromatic rings. The number of likely N-dealkylation sites (N-methyl/N-ethyl adjacent to an activating group) is 1. The van der Waals surface area contributed by atoms with Crippen LogP contribution in [0.4, 0.5) is 0 Å². The highest BCUT2D eigenvalue weighted by atomic mass is 31.2. The van der Waals surface area contributed by atoms with Gasteiger partial charge in [-0.25, -0.2) is 4.57 Å². The van der Waals surface area contributed by atoms with Crippen LogP contribution < -0.4 is 5.32 Å². The second-order valence-electron chi connectivity index (χ2n) is 16.4. The molecule has 0 bridgehead atoms. The van der Waals surface area contributed by atoms with Gasteiger partial charge in [0.1, 0.15) is 13.2 Å². The van der Waals surface area contributed by atoms with Crippen LogP contribution in [0, 0.1) is 0 Å². The molecule has 0 aliphatic rings. The summed E-state index contributed by atoms with van der Waals surface area (Å²) in [6.07, 6.45) is 45.2. The molecule has 1 amide bonds. The van der Waals surface area contributed by atoms with Crippen LogP contribution in [0.3, 0.4) is 0 Å². The van der Waals surface area contributed by atoms with Gasteiger partial charge in [0.05, 0.1) is 39.9 Å². The first-order chi connectivity index (χ1) is 25.5. The first kappa shape index (κ1) is 52.0. The largest absolute Gasteiger partial charge is 0.472 e. The van der Waals surface area contributed by atoms with Crippen LogP contribution >= 0.6 is 7.82 Å². The van der Waals surface area contributed by atoms with Crippen molar-refractivity contribution >= 4 is 13.7 Å². The number of phosphoric acid groups is 1. The van der Waals surface area contributed by atoms with Gasteiger partial charge in [0.25, 0.3) is 0 Å². The molecule has 0 aromatic heterocycles. The van der Waals surface area contributed by atoms with Crippen LogP contribution in [0.5, 0.6) is 0 Å². The Labute approximate surface area is 328 Å². The number of allylic oxidation sites excluding steroid dienone is 3. The summed E-state index contributed by atoms with van der Waals surface area (Å²) in [6, 6.07) is -0.856. The minimum Gasteiger partial charge on any atom is -0.387 e. The van der Waals surface area contributed by atoms with Gasteiger partial charge in [0.15, 0.2) is 0 Å². The SMILES string of the molecule is CCCCCCCCCCCCCCCCCCCCCCCCCCC/C=C/CC/C=C/C(O)C(COP(=O)(O)OCC[N+](C)(C)C)NC(=O)CC. The van der Waals surface area contributed by atoms with Gasteiger partial charge in [-0.15, -0.1) is 0 Å². The van der Waals surface area contributed by atoms with Crippen molar-refractivity contribution in [1.29, 1.82) is 0 Å². The van der Waals surface area contributed by atoms with Crippen molar-refractivity contribution in [2.75, 3.05) is 40.9 Å². The molecule has 0 saturated heterocycles. The topological polar surface area (TPSA) is 105 Å². The van der Waals surface area contributed by atoms with Crippen molar-refractivity contribution in [3.05, 3.63) is 24.3 Å². The fourth-order valence-electron chi connectivity index (χ4n) is 6.38. The molecule has 0 spiro atoms. The van der Waals surface area contributed by atoms with E-state index < -0.39 is 20.0 Å². The summed E-state index contributed by atoms with van der Waals surface area (Å²) in [4.78, 5) is 22.0. The van der Waals surface area contributed by atoms with E-state index in [1.165, 1.54) is 161 Å². The average molecular weight is 772 g/mol. The van der Waals surface area contributed by atoms with E-state index in [1.54, 1.807) is 13.0 Å². The lowest BCUT2D eigenvalue weighted by Crippen LogP contribution is -2.45. The van der Waals surface area contributed by atoms with E-state index in [0.717, 1.165) is 19.3 Å². The second kappa shape index (κ2) is 36.6. The highest BCUT2D eigenvalue weighted by Crippen LogP contribution is 2.43. The molecular formula is C44H88N2O6P+. The maximum Gasteiger partial charge on any atom is 0.472 e. The maximum atomic E-state index is 12.3. The first-order valence-corrected chi connectivity index (χ1v) is 23.7. The van der Waals surface area contributed by atoms with E-state index in [4.69, 9.17) is 9.05 Å². The summed E-state index contributed by atoms with van der Waals surface area (Å²) < 4.78 is 23.0. The molecule has 53 heavy (non-hydrogen) atoms. The number of aliphatic hydroxyl groups is 1. The molecule has 314 valence electrons. The number of carbonyl (C=O) groups excluding carboxylic acids is 1. The number of phosphoric ester groups is 1. The predicted octanol–water partition coefficient (Wildman–Crippen LogP) is 12.1. The zero-order valence-electron chi connectivity index (χ0n) is 35.5. The van der Waals surface area contributed by atoms with Gasteiger partial charge in [-0.2, -0.15) is 0 Å². The van der Waals surface area contributed by atoms with E-state index in [9.17, 15) is 19.4 Å². The van der Waals surface area contributed by atoms with Gasteiger partial charge in [0, 0.05) is 6.42 Å². The number of carbonyl (C=O) groups is 1. The van der Waals surface area contributed by atoms with E-state index in [0.29, 0.717) is 11.0 Å². The fourth-order valence-corrected chi connectivity index (χ4v) is 7.11. The highest BCUT2D eigenvalue weighted by Gasteiger charge is 2.27. The Morgan fingerprint density at radius 1 is 0.623 bits per heavy atom. The van der Waals surface area contributed by atoms with Crippen LogP contribution in [0.2, 0.25) is 0 Å². The third-order valence-electron chi connectivity index (χ3n) is 9.99. The molecule has 3 unspecified atom stereocenters. The van der Waals surface area contributed by atoms with Gasteiger partial charge in [-0.1, -0.05) is 192 Å². The number of nitrogens with one attached hydrogen (secondary N) is 1. The van der Waals surface area contributed by atoms with Gasteiger partial charge >= 0.3 is 7.82 Å². The number of hydrogen-bond donors (Lipinski definition) is 3. The molecule has 0 aliphatic carbocycles. The van der Waals surface area contributed by atoms with Gasteiger partial charge in [0.2, 0.25) is 5.91 Å². The molecule has 0 aromatic carbocycles. The maximum absolute atomic E-state index is 12.3. The number of aliphatic hydroxyl groups excluding tert-OH is 1. The Hall–Kier alpha value is -1.02. The smallest absolute Gasteiger partial charge is 0.387 e. The molecule has 8 nitrogen and oxygen atoms in total. The molecule has 0 radical (unpaired) electrons. The number of amides is 1. The molecule has 0 heterocycles. The minimum absolute atomic E-state index is 0.0545. The van der Waals surface area contributed by atoms with E-state index in [2.05, 4.69) is 24.4 Å². The van der Waals surface area contributed by atoms with Crippen molar-refractivity contribution in [3.63, 3.8) is 0 Å². The molecular weight excluding hydrogens is 683 g/mol. The Balaban J connectivity index is 3.70. The van der Waals surface area contributed by atoms with Gasteiger partial charge in [-0.05, 0) is 25.7 Å². The number of nitrogens with zero attached hydrogens (tertiary/aromatic N) is 1.